The summed E-state index contributed by atoms with van der Waals surface area (Å²) in [5.74, 6) is 0.883. The average molecular weight is 467 g/mol. The maximum atomic E-state index is 12.7. The molecule has 3 aliphatic rings. The molecule has 3 N–H and O–H groups in total. The molecule has 6 heteroatoms. The van der Waals surface area contributed by atoms with Crippen LogP contribution in [0, 0.1) is 22.7 Å². The van der Waals surface area contributed by atoms with E-state index in [1.54, 1.807) is 6.07 Å². The number of allylic oxidation sites excluding steroid dienone is 1. The molecule has 0 amide bonds. The second-order valence-corrected chi connectivity index (χ2v) is 11.3. The Kier molecular flexibility index (Phi) is 6.18. The summed E-state index contributed by atoms with van der Waals surface area (Å²) in [5, 5.41) is 30.8. The minimum Gasteiger partial charge on any atom is -0.508 e. The van der Waals surface area contributed by atoms with Gasteiger partial charge in [0.2, 0.25) is 0 Å². The van der Waals surface area contributed by atoms with Gasteiger partial charge in [-0.1, -0.05) is 31.9 Å². The van der Waals surface area contributed by atoms with E-state index in [-0.39, 0.29) is 40.8 Å². The Bertz CT molecular complexity index is 895. The monoisotopic (exact) mass is 466 g/mol. The van der Waals surface area contributed by atoms with Gasteiger partial charge in [-0.3, -0.25) is 0 Å². The zero-order chi connectivity index (χ0) is 24.2. The number of phenolic OH excluding ortho intramolecular Hbond substituents is 1. The van der Waals surface area contributed by atoms with Crippen LogP contribution in [0.25, 0.3) is 0 Å². The molecule has 2 fully saturated rings. The molecular formula is C27H37F3O3. The van der Waals surface area contributed by atoms with Gasteiger partial charge in [-0.05, 0) is 104 Å². The number of rotatable bonds is 6. The fourth-order valence-corrected chi connectivity index (χ4v) is 7.83. The fraction of sp³-hybridized carbons (Fsp3) is 0.704. The molecule has 33 heavy (non-hydrogen) atoms. The van der Waals surface area contributed by atoms with Gasteiger partial charge in [0, 0.05) is 0 Å². The van der Waals surface area contributed by atoms with E-state index in [1.165, 1.54) is 5.56 Å². The highest BCUT2D eigenvalue weighted by atomic mass is 19.4. The summed E-state index contributed by atoms with van der Waals surface area (Å²) >= 11 is 0. The summed E-state index contributed by atoms with van der Waals surface area (Å²) in [6, 6.07) is 5.59. The number of phenols is 1. The molecule has 4 rings (SSSR count). The molecule has 0 aromatic heterocycles. The third-order valence-corrected chi connectivity index (χ3v) is 9.65. The van der Waals surface area contributed by atoms with Crippen LogP contribution >= 0.6 is 0 Å². The molecule has 184 valence electrons. The lowest BCUT2D eigenvalue weighted by atomic mass is 9.43. The number of halogens is 3. The number of alkyl halides is 3. The Hall–Kier alpha value is -1.53. The Balaban J connectivity index is 1.66. The number of hydrogen-bond donors (Lipinski definition) is 3. The largest absolute Gasteiger partial charge is 0.508 e. The molecule has 0 heterocycles. The number of hydrogen-bond acceptors (Lipinski definition) is 3. The maximum Gasteiger partial charge on any atom is 0.414 e. The highest BCUT2D eigenvalue weighted by Gasteiger charge is 2.66. The third kappa shape index (κ3) is 3.91. The lowest BCUT2D eigenvalue weighted by molar-refractivity contribution is -0.205. The van der Waals surface area contributed by atoms with Crippen molar-refractivity contribution in [1.29, 1.82) is 0 Å². The van der Waals surface area contributed by atoms with Crippen LogP contribution in [0.1, 0.15) is 82.3 Å². The van der Waals surface area contributed by atoms with Crippen LogP contribution < -0.4 is 0 Å². The van der Waals surface area contributed by atoms with E-state index in [0.29, 0.717) is 12.8 Å². The van der Waals surface area contributed by atoms with Crippen molar-refractivity contribution in [2.24, 2.45) is 22.7 Å². The number of aliphatic hydroxyl groups excluding tert-OH is 1. The van der Waals surface area contributed by atoms with Crippen molar-refractivity contribution in [3.8, 4) is 5.75 Å². The summed E-state index contributed by atoms with van der Waals surface area (Å²) in [5.41, 5.74) is 1.09. The predicted octanol–water partition coefficient (Wildman–Crippen LogP) is 6.27. The topological polar surface area (TPSA) is 60.7 Å². The molecule has 0 bridgehead atoms. The first kappa shape index (κ1) is 24.6. The first-order chi connectivity index (χ1) is 15.4. The second kappa shape index (κ2) is 8.30. The Labute approximate surface area is 194 Å². The van der Waals surface area contributed by atoms with Crippen LogP contribution in [-0.4, -0.2) is 33.2 Å². The average Bonchev–Trinajstić information content (AvgIpc) is 2.98. The van der Waals surface area contributed by atoms with Gasteiger partial charge < -0.3 is 15.3 Å². The Morgan fingerprint density at radius 2 is 1.94 bits per heavy atom. The number of aryl methyl sites for hydroxylation is 1. The number of aliphatic hydroxyl groups is 2. The summed E-state index contributed by atoms with van der Waals surface area (Å²) < 4.78 is 38.2. The third-order valence-electron chi connectivity index (χ3n) is 9.65. The molecule has 2 saturated carbocycles. The van der Waals surface area contributed by atoms with E-state index in [9.17, 15) is 28.5 Å². The number of aromatic hydroxyl groups is 1. The molecule has 1 unspecified atom stereocenters. The first-order valence-corrected chi connectivity index (χ1v) is 12.3. The van der Waals surface area contributed by atoms with Gasteiger partial charge in [0.1, 0.15) is 11.9 Å². The normalized spacial score (nSPS) is 38.8. The number of fused-ring (bicyclic) bond motifs is 5. The lowest BCUT2D eigenvalue weighted by Crippen LogP contribution is -2.56. The molecule has 3 aliphatic carbocycles. The van der Waals surface area contributed by atoms with Gasteiger partial charge in [-0.25, -0.2) is 0 Å². The molecule has 1 aromatic carbocycles. The molecule has 7 atom stereocenters. The van der Waals surface area contributed by atoms with Crippen LogP contribution in [0.15, 0.2) is 30.9 Å². The van der Waals surface area contributed by atoms with Crippen molar-refractivity contribution in [1.82, 2.24) is 0 Å². The van der Waals surface area contributed by atoms with Gasteiger partial charge in [0.05, 0.1) is 5.60 Å². The molecule has 0 aliphatic heterocycles. The zero-order valence-electron chi connectivity index (χ0n) is 19.7. The Morgan fingerprint density at radius 1 is 1.21 bits per heavy atom. The summed E-state index contributed by atoms with van der Waals surface area (Å²) in [6.07, 6.45) is 0.851. The number of unbranched alkanes of at least 4 members (excludes halogenated alkanes) is 1. The molecular weight excluding hydrogens is 429 g/mol. The van der Waals surface area contributed by atoms with Gasteiger partial charge in [0.15, 0.2) is 0 Å². The first-order valence-electron chi connectivity index (χ1n) is 12.3. The quantitative estimate of drug-likeness (QED) is 0.342. The van der Waals surface area contributed by atoms with Crippen LogP contribution in [0.2, 0.25) is 0 Å². The standard InChI is InChI=1S/C27H37F3O3/c1-4-26-14-11-17-15-19(31)9-10-20(17)23(26)18(7-5-6-8-22(32)27(28,29)30)16-24(2)21(26)12-13-25(24,3)33/h4,9-10,15,18,21-23,31-33H,1,5-8,11-14,16H2,2-3H3/t18?,21-,22-,23-,24+,25+,26+/m1/s1. The van der Waals surface area contributed by atoms with Crippen LogP contribution in [0.5, 0.6) is 5.75 Å². The molecule has 0 radical (unpaired) electrons. The van der Waals surface area contributed by atoms with Crippen molar-refractivity contribution >= 4 is 0 Å². The van der Waals surface area contributed by atoms with E-state index in [1.807, 2.05) is 19.1 Å². The highest BCUT2D eigenvalue weighted by molar-refractivity contribution is 5.43. The van der Waals surface area contributed by atoms with E-state index in [0.717, 1.165) is 44.1 Å². The van der Waals surface area contributed by atoms with Crippen molar-refractivity contribution in [2.75, 3.05) is 0 Å². The van der Waals surface area contributed by atoms with Crippen molar-refractivity contribution in [3.63, 3.8) is 0 Å². The number of benzene rings is 1. The smallest absolute Gasteiger partial charge is 0.414 e. The summed E-state index contributed by atoms with van der Waals surface area (Å²) in [4.78, 5) is 0. The SMILES string of the molecule is C=C[C@@]12CCc3cc(O)ccc3[C@H]1C(CCCC[C@@H](O)C(F)(F)F)C[C@@]1(C)[C@H]2CC[C@]1(C)O. The molecule has 0 saturated heterocycles. The molecule has 1 aromatic rings. The van der Waals surface area contributed by atoms with E-state index >= 15 is 0 Å². The minimum atomic E-state index is -4.57. The Morgan fingerprint density at radius 3 is 2.61 bits per heavy atom. The maximum absolute atomic E-state index is 12.7. The predicted molar refractivity (Wildman–Crippen MR) is 122 cm³/mol. The zero-order valence-corrected chi connectivity index (χ0v) is 19.7. The van der Waals surface area contributed by atoms with Gasteiger partial charge in [-0.15, -0.1) is 6.58 Å². The van der Waals surface area contributed by atoms with E-state index in [4.69, 9.17) is 0 Å². The van der Waals surface area contributed by atoms with Crippen molar-refractivity contribution in [2.45, 2.75) is 95.4 Å². The van der Waals surface area contributed by atoms with Crippen molar-refractivity contribution in [3.05, 3.63) is 42.0 Å². The van der Waals surface area contributed by atoms with Crippen LogP contribution in [0.4, 0.5) is 13.2 Å². The molecule has 3 nitrogen and oxygen atoms in total. The summed E-state index contributed by atoms with van der Waals surface area (Å²) in [7, 11) is 0. The van der Waals surface area contributed by atoms with Gasteiger partial charge in [0.25, 0.3) is 0 Å². The van der Waals surface area contributed by atoms with Crippen molar-refractivity contribution < 1.29 is 28.5 Å². The van der Waals surface area contributed by atoms with Crippen LogP contribution in [-0.2, 0) is 6.42 Å². The van der Waals surface area contributed by atoms with E-state index < -0.39 is 17.9 Å². The summed E-state index contributed by atoms with van der Waals surface area (Å²) in [6.45, 7) is 8.41. The van der Waals surface area contributed by atoms with Gasteiger partial charge in [-0.2, -0.15) is 13.2 Å². The fourth-order valence-electron chi connectivity index (χ4n) is 7.83. The van der Waals surface area contributed by atoms with Crippen LogP contribution in [0.3, 0.4) is 0 Å². The van der Waals surface area contributed by atoms with Gasteiger partial charge >= 0.3 is 6.18 Å². The van der Waals surface area contributed by atoms with E-state index in [2.05, 4.69) is 19.6 Å². The lowest BCUT2D eigenvalue weighted by Gasteiger charge is -2.61. The highest BCUT2D eigenvalue weighted by Crippen LogP contribution is 2.71. The molecule has 0 spiro atoms. The second-order valence-electron chi connectivity index (χ2n) is 11.3. The minimum absolute atomic E-state index is 0.166.